The van der Waals surface area contributed by atoms with Gasteiger partial charge in [-0.15, -0.1) is 5.10 Å². The van der Waals surface area contributed by atoms with E-state index in [-0.39, 0.29) is 12.1 Å². The van der Waals surface area contributed by atoms with Gasteiger partial charge in [-0.2, -0.15) is 4.98 Å². The van der Waals surface area contributed by atoms with E-state index in [1.165, 1.54) is 0 Å². The van der Waals surface area contributed by atoms with Crippen molar-refractivity contribution in [3.05, 3.63) is 23.9 Å². The first-order chi connectivity index (χ1) is 8.62. The van der Waals surface area contributed by atoms with Crippen LogP contribution in [0.4, 0.5) is 5.95 Å². The fourth-order valence-electron chi connectivity index (χ4n) is 1.97. The third kappa shape index (κ3) is 2.31. The zero-order valence-corrected chi connectivity index (χ0v) is 11.1. The normalized spacial score (nSPS) is 12.0. The number of hydrogen-bond acceptors (Lipinski definition) is 4. The Morgan fingerprint density at radius 2 is 2.06 bits per heavy atom. The van der Waals surface area contributed by atoms with Crippen LogP contribution < -0.4 is 5.32 Å². The zero-order chi connectivity index (χ0) is 13.2. The summed E-state index contributed by atoms with van der Waals surface area (Å²) in [6, 6.07) is 3.94. The highest BCUT2D eigenvalue weighted by Gasteiger charge is 2.26. The van der Waals surface area contributed by atoms with Crippen LogP contribution in [0.15, 0.2) is 18.3 Å². The van der Waals surface area contributed by atoms with Gasteiger partial charge in [0.25, 0.3) is 0 Å². The van der Waals surface area contributed by atoms with Crippen LogP contribution in [0, 0.1) is 6.92 Å². The number of aliphatic hydroxyl groups is 1. The van der Waals surface area contributed by atoms with Crippen LogP contribution in [-0.2, 0) is 0 Å². The van der Waals surface area contributed by atoms with Crippen molar-refractivity contribution in [3.8, 4) is 0 Å². The molecule has 0 saturated heterocycles. The smallest absolute Gasteiger partial charge is 0.243 e. The lowest BCUT2D eigenvalue weighted by molar-refractivity contribution is 0.201. The van der Waals surface area contributed by atoms with E-state index >= 15 is 0 Å². The molecule has 98 valence electrons. The van der Waals surface area contributed by atoms with Crippen molar-refractivity contribution in [3.63, 3.8) is 0 Å². The van der Waals surface area contributed by atoms with Crippen molar-refractivity contribution < 1.29 is 5.11 Å². The molecule has 0 spiro atoms. The van der Waals surface area contributed by atoms with Crippen LogP contribution in [0.2, 0.25) is 0 Å². The van der Waals surface area contributed by atoms with Gasteiger partial charge >= 0.3 is 0 Å². The van der Waals surface area contributed by atoms with Gasteiger partial charge < -0.3 is 10.4 Å². The summed E-state index contributed by atoms with van der Waals surface area (Å²) in [5.41, 5.74) is 1.61. The van der Waals surface area contributed by atoms with Gasteiger partial charge in [-0.25, -0.2) is 4.52 Å². The molecule has 5 nitrogen and oxygen atoms in total. The van der Waals surface area contributed by atoms with Crippen LogP contribution in [0.5, 0.6) is 0 Å². The number of aryl methyl sites for hydroxylation is 1. The largest absolute Gasteiger partial charge is 0.394 e. The van der Waals surface area contributed by atoms with E-state index in [1.54, 1.807) is 4.52 Å². The fourth-order valence-corrected chi connectivity index (χ4v) is 1.97. The summed E-state index contributed by atoms with van der Waals surface area (Å²) in [5, 5.41) is 17.2. The minimum atomic E-state index is -0.333. The lowest BCUT2D eigenvalue weighted by Crippen LogP contribution is -2.41. The van der Waals surface area contributed by atoms with Crippen LogP contribution >= 0.6 is 0 Å². The van der Waals surface area contributed by atoms with Crippen molar-refractivity contribution in [2.45, 2.75) is 39.2 Å². The summed E-state index contributed by atoms with van der Waals surface area (Å²) in [5.74, 6) is 0.568. The summed E-state index contributed by atoms with van der Waals surface area (Å²) >= 11 is 0. The van der Waals surface area contributed by atoms with Crippen molar-refractivity contribution in [1.29, 1.82) is 0 Å². The molecule has 0 saturated carbocycles. The first kappa shape index (κ1) is 12.8. The molecule has 0 radical (unpaired) electrons. The molecule has 0 aliphatic rings. The van der Waals surface area contributed by atoms with Crippen LogP contribution in [-0.4, -0.2) is 31.9 Å². The van der Waals surface area contributed by atoms with E-state index in [1.807, 2.05) is 39.1 Å². The molecule has 0 atom stereocenters. The molecular weight excluding hydrogens is 228 g/mol. The molecule has 0 fully saturated rings. The van der Waals surface area contributed by atoms with E-state index < -0.39 is 0 Å². The van der Waals surface area contributed by atoms with Crippen molar-refractivity contribution in [1.82, 2.24) is 14.6 Å². The van der Waals surface area contributed by atoms with E-state index in [2.05, 4.69) is 15.4 Å². The number of nitrogens with one attached hydrogen (secondary N) is 1. The highest BCUT2D eigenvalue weighted by Crippen LogP contribution is 2.20. The van der Waals surface area contributed by atoms with Gasteiger partial charge in [-0.05, 0) is 31.4 Å². The van der Waals surface area contributed by atoms with Gasteiger partial charge in [0.2, 0.25) is 5.95 Å². The minimum Gasteiger partial charge on any atom is -0.394 e. The first-order valence-electron chi connectivity index (χ1n) is 6.34. The molecule has 2 aromatic rings. The molecule has 2 rings (SSSR count). The third-order valence-corrected chi connectivity index (χ3v) is 3.51. The number of hydrogen-bond donors (Lipinski definition) is 2. The van der Waals surface area contributed by atoms with Crippen LogP contribution in [0.1, 0.15) is 32.3 Å². The summed E-state index contributed by atoms with van der Waals surface area (Å²) in [4.78, 5) is 4.41. The molecule has 0 bridgehead atoms. The number of aromatic nitrogens is 3. The van der Waals surface area contributed by atoms with Gasteiger partial charge in [0.15, 0.2) is 5.65 Å². The predicted octanol–water partition coefficient (Wildman–Crippen LogP) is 2.00. The third-order valence-electron chi connectivity index (χ3n) is 3.51. The second kappa shape index (κ2) is 4.94. The predicted molar refractivity (Wildman–Crippen MR) is 71.7 cm³/mol. The molecule has 0 aliphatic carbocycles. The molecule has 0 amide bonds. The van der Waals surface area contributed by atoms with Crippen LogP contribution in [0.3, 0.4) is 0 Å². The van der Waals surface area contributed by atoms with Crippen molar-refractivity contribution in [2.24, 2.45) is 0 Å². The Morgan fingerprint density at radius 1 is 1.33 bits per heavy atom. The average molecular weight is 248 g/mol. The Morgan fingerprint density at radius 3 is 2.67 bits per heavy atom. The molecular formula is C13H20N4O. The molecule has 0 aromatic carbocycles. The molecule has 0 unspecified atom stereocenters. The number of rotatable bonds is 5. The monoisotopic (exact) mass is 248 g/mol. The first-order valence-corrected chi connectivity index (χ1v) is 6.34. The Balaban J connectivity index is 2.31. The molecule has 0 aliphatic heterocycles. The number of nitrogens with zero attached hydrogens (tertiary/aromatic N) is 3. The molecule has 2 aromatic heterocycles. The lowest BCUT2D eigenvalue weighted by Gasteiger charge is -2.29. The number of pyridine rings is 1. The van der Waals surface area contributed by atoms with Gasteiger partial charge in [-0.1, -0.05) is 19.9 Å². The average Bonchev–Trinajstić information content (AvgIpc) is 2.77. The minimum absolute atomic E-state index is 0.0780. The Kier molecular flexibility index (Phi) is 3.52. The number of fused-ring (bicyclic) bond motifs is 1. The van der Waals surface area contributed by atoms with Gasteiger partial charge in [-0.3, -0.25) is 0 Å². The SMILES string of the molecule is CCC(CC)(CO)Nc1nc2ccc(C)cn2n1. The van der Waals surface area contributed by atoms with Crippen LogP contribution in [0.25, 0.3) is 5.65 Å². The maximum absolute atomic E-state index is 9.53. The standard InChI is InChI=1S/C13H20N4O/c1-4-13(5-2,9-18)15-12-14-11-7-6-10(3)8-17(11)16-12/h6-8,18H,4-5,9H2,1-3H3,(H,15,16). The second-order valence-electron chi connectivity index (χ2n) is 4.72. The molecule has 18 heavy (non-hydrogen) atoms. The quantitative estimate of drug-likeness (QED) is 0.849. The number of aliphatic hydroxyl groups excluding tert-OH is 1. The Bertz CT molecular complexity index is 523. The van der Waals surface area contributed by atoms with Crippen molar-refractivity contribution >= 4 is 11.6 Å². The van der Waals surface area contributed by atoms with Crippen molar-refractivity contribution in [2.75, 3.05) is 11.9 Å². The van der Waals surface area contributed by atoms with E-state index in [0.29, 0.717) is 5.95 Å². The lowest BCUT2D eigenvalue weighted by atomic mass is 9.94. The van der Waals surface area contributed by atoms with Gasteiger partial charge in [0.05, 0.1) is 12.1 Å². The number of anilines is 1. The van der Waals surface area contributed by atoms with Gasteiger partial charge in [0, 0.05) is 6.20 Å². The fraction of sp³-hybridized carbons (Fsp3) is 0.538. The Hall–Kier alpha value is -1.62. The van der Waals surface area contributed by atoms with E-state index in [0.717, 1.165) is 24.1 Å². The highest BCUT2D eigenvalue weighted by atomic mass is 16.3. The Labute approximate surface area is 107 Å². The summed E-state index contributed by atoms with van der Waals surface area (Å²) in [7, 11) is 0. The van der Waals surface area contributed by atoms with E-state index in [4.69, 9.17) is 0 Å². The molecule has 2 heterocycles. The molecule has 2 N–H and O–H groups in total. The highest BCUT2D eigenvalue weighted by molar-refractivity contribution is 5.45. The zero-order valence-electron chi connectivity index (χ0n) is 11.1. The maximum atomic E-state index is 9.53. The van der Waals surface area contributed by atoms with Gasteiger partial charge in [0.1, 0.15) is 0 Å². The summed E-state index contributed by atoms with van der Waals surface area (Å²) < 4.78 is 1.76. The second-order valence-corrected chi connectivity index (χ2v) is 4.72. The summed E-state index contributed by atoms with van der Waals surface area (Å²) in [6.07, 6.45) is 3.59. The maximum Gasteiger partial charge on any atom is 0.243 e. The van der Waals surface area contributed by atoms with E-state index in [9.17, 15) is 5.11 Å². The topological polar surface area (TPSA) is 62.5 Å². The molecule has 5 heteroatoms. The summed E-state index contributed by atoms with van der Waals surface area (Å²) in [6.45, 7) is 6.19.